The van der Waals surface area contributed by atoms with Gasteiger partial charge in [-0.05, 0) is 68.5 Å². The third-order valence-electron chi connectivity index (χ3n) is 8.35. The molecular formula is C33H38F3N3O2. The first-order valence-electron chi connectivity index (χ1n) is 14.4. The number of carbonyl (C=O) groups excluding carboxylic acids is 1. The molecule has 2 aliphatic heterocycles. The molecule has 1 fully saturated rings. The largest absolute Gasteiger partial charge is 0.416 e. The van der Waals surface area contributed by atoms with Crippen molar-refractivity contribution in [3.05, 3.63) is 101 Å². The highest BCUT2D eigenvalue weighted by Gasteiger charge is 2.47. The first kappa shape index (κ1) is 29.1. The topological polar surface area (TPSA) is 67.6 Å². The maximum absolute atomic E-state index is 13.7. The fourth-order valence-corrected chi connectivity index (χ4v) is 6.22. The lowest BCUT2D eigenvalue weighted by atomic mass is 9.74. The molecule has 2 heterocycles. The maximum atomic E-state index is 13.7. The predicted octanol–water partition coefficient (Wildman–Crippen LogP) is 6.91. The zero-order valence-electron chi connectivity index (χ0n) is 23.4. The summed E-state index contributed by atoms with van der Waals surface area (Å²) in [5, 5.41) is 3.52. The third-order valence-corrected chi connectivity index (χ3v) is 8.35. The van der Waals surface area contributed by atoms with Gasteiger partial charge in [0.1, 0.15) is 0 Å². The number of carbonyl (C=O) groups is 1. The summed E-state index contributed by atoms with van der Waals surface area (Å²) < 4.78 is 48.1. The standard InChI is InChI=1S/C33H38F3N3O2/c1-32(22-39(19-9-8-18-37)29(40)20-23-10-4-2-5-11-23)17-16-26-30(24-12-6-3-7-13-24)38-28-15-14-25(33(34,35)36)21-27(28)31(26)41-32/h2-7,10-15,21,26,30-31,38H,8-9,16-20,22,37H2,1H3/t26-,30-,31-,32+/m0/s1. The van der Waals surface area contributed by atoms with E-state index in [0.717, 1.165) is 36.5 Å². The highest BCUT2D eigenvalue weighted by Crippen LogP contribution is 2.53. The van der Waals surface area contributed by atoms with Crippen molar-refractivity contribution in [2.75, 3.05) is 25.0 Å². The molecule has 3 aromatic carbocycles. The molecular weight excluding hydrogens is 527 g/mol. The van der Waals surface area contributed by atoms with E-state index in [9.17, 15) is 18.0 Å². The van der Waals surface area contributed by atoms with E-state index < -0.39 is 23.4 Å². The van der Waals surface area contributed by atoms with Gasteiger partial charge in [-0.15, -0.1) is 0 Å². The van der Waals surface area contributed by atoms with E-state index in [0.29, 0.717) is 37.3 Å². The van der Waals surface area contributed by atoms with Crippen LogP contribution in [0.1, 0.15) is 67.0 Å². The molecule has 3 N–H and O–H groups in total. The zero-order valence-corrected chi connectivity index (χ0v) is 23.4. The first-order chi connectivity index (χ1) is 19.7. The molecule has 5 rings (SSSR count). The quantitative estimate of drug-likeness (QED) is 0.277. The number of fused-ring (bicyclic) bond motifs is 3. The van der Waals surface area contributed by atoms with E-state index in [4.69, 9.17) is 10.5 Å². The van der Waals surface area contributed by atoms with Crippen LogP contribution < -0.4 is 11.1 Å². The maximum Gasteiger partial charge on any atom is 0.416 e. The number of amides is 1. The molecule has 1 amide bonds. The number of benzene rings is 3. The summed E-state index contributed by atoms with van der Waals surface area (Å²) in [5.74, 6) is -0.0560. The number of halogens is 3. The number of nitrogens with zero attached hydrogens (tertiary/aromatic N) is 1. The molecule has 0 bridgehead atoms. The number of hydrogen-bond acceptors (Lipinski definition) is 4. The minimum atomic E-state index is -4.46. The van der Waals surface area contributed by atoms with Gasteiger partial charge in [0.2, 0.25) is 5.91 Å². The molecule has 218 valence electrons. The summed E-state index contributed by atoms with van der Waals surface area (Å²) in [6.07, 6.45) is -1.72. The lowest BCUT2D eigenvalue weighted by molar-refractivity contribution is -0.168. The lowest BCUT2D eigenvalue weighted by Crippen LogP contribution is -2.51. The molecule has 0 spiro atoms. The highest BCUT2D eigenvalue weighted by molar-refractivity contribution is 5.78. The lowest BCUT2D eigenvalue weighted by Gasteiger charge is -2.50. The highest BCUT2D eigenvalue weighted by atomic mass is 19.4. The van der Waals surface area contributed by atoms with Crippen molar-refractivity contribution in [2.45, 2.75) is 63.0 Å². The SMILES string of the molecule is C[C@]1(CN(CCCCN)C(=O)Cc2ccccc2)CC[C@@H]2[C@H](O1)c1cc(C(F)(F)F)ccc1N[C@H]2c1ccccc1. The number of anilines is 1. The van der Waals surface area contributed by atoms with Crippen LogP contribution in [0.5, 0.6) is 0 Å². The Hall–Kier alpha value is -3.36. The Bertz CT molecular complexity index is 1320. The van der Waals surface area contributed by atoms with Crippen molar-refractivity contribution < 1.29 is 22.7 Å². The number of alkyl halides is 3. The Labute approximate surface area is 239 Å². The normalized spacial score (nSPS) is 23.7. The summed E-state index contributed by atoms with van der Waals surface area (Å²) in [7, 11) is 0. The second kappa shape index (κ2) is 12.2. The van der Waals surface area contributed by atoms with Crippen molar-refractivity contribution in [2.24, 2.45) is 11.7 Å². The Balaban J connectivity index is 1.44. The number of rotatable bonds is 9. The van der Waals surface area contributed by atoms with E-state index in [1.807, 2.05) is 72.5 Å². The van der Waals surface area contributed by atoms with Crippen molar-refractivity contribution in [3.63, 3.8) is 0 Å². The van der Waals surface area contributed by atoms with E-state index in [1.54, 1.807) is 0 Å². The number of nitrogens with two attached hydrogens (primary N) is 1. The van der Waals surface area contributed by atoms with Gasteiger partial charge in [0, 0.05) is 30.3 Å². The van der Waals surface area contributed by atoms with Crippen LogP contribution in [-0.4, -0.2) is 36.0 Å². The summed E-state index contributed by atoms with van der Waals surface area (Å²) >= 11 is 0. The summed E-state index contributed by atoms with van der Waals surface area (Å²) in [6, 6.07) is 23.4. The van der Waals surface area contributed by atoms with Crippen LogP contribution >= 0.6 is 0 Å². The van der Waals surface area contributed by atoms with E-state index in [-0.39, 0.29) is 24.3 Å². The smallest absolute Gasteiger partial charge is 0.378 e. The fraction of sp³-hybridized carbons (Fsp3) is 0.424. The molecule has 41 heavy (non-hydrogen) atoms. The van der Waals surface area contributed by atoms with Crippen LogP contribution in [-0.2, 0) is 22.1 Å². The molecule has 0 aromatic heterocycles. The molecule has 0 unspecified atom stereocenters. The minimum Gasteiger partial charge on any atom is -0.378 e. The Morgan fingerprint density at radius 2 is 1.76 bits per heavy atom. The molecule has 5 nitrogen and oxygen atoms in total. The van der Waals surface area contributed by atoms with Gasteiger partial charge in [0.15, 0.2) is 0 Å². The van der Waals surface area contributed by atoms with Crippen molar-refractivity contribution in [3.8, 4) is 0 Å². The monoisotopic (exact) mass is 565 g/mol. The van der Waals surface area contributed by atoms with Gasteiger partial charge in [0.25, 0.3) is 0 Å². The van der Waals surface area contributed by atoms with Gasteiger partial charge in [-0.1, -0.05) is 60.7 Å². The van der Waals surface area contributed by atoms with Crippen LogP contribution in [0.25, 0.3) is 0 Å². The Morgan fingerprint density at radius 3 is 2.44 bits per heavy atom. The second-order valence-electron chi connectivity index (χ2n) is 11.5. The summed E-state index contributed by atoms with van der Waals surface area (Å²) in [6.45, 7) is 3.45. The Kier molecular flexibility index (Phi) is 8.71. The molecule has 2 aliphatic rings. The number of hydrogen-bond donors (Lipinski definition) is 2. The van der Waals surface area contributed by atoms with Crippen LogP contribution in [0.15, 0.2) is 78.9 Å². The van der Waals surface area contributed by atoms with Crippen molar-refractivity contribution >= 4 is 11.6 Å². The predicted molar refractivity (Wildman–Crippen MR) is 154 cm³/mol. The summed E-state index contributed by atoms with van der Waals surface area (Å²) in [4.78, 5) is 15.4. The second-order valence-corrected chi connectivity index (χ2v) is 11.5. The number of ether oxygens (including phenoxy) is 1. The molecule has 0 radical (unpaired) electrons. The van der Waals surface area contributed by atoms with Gasteiger partial charge >= 0.3 is 6.18 Å². The van der Waals surface area contributed by atoms with Gasteiger partial charge < -0.3 is 20.7 Å². The third kappa shape index (κ3) is 6.76. The molecule has 4 atom stereocenters. The summed E-state index contributed by atoms with van der Waals surface area (Å²) in [5.41, 5.74) is 7.50. The van der Waals surface area contributed by atoms with E-state index >= 15 is 0 Å². The zero-order chi connectivity index (χ0) is 29.0. The van der Waals surface area contributed by atoms with Crippen LogP contribution in [0.2, 0.25) is 0 Å². The Morgan fingerprint density at radius 1 is 1.05 bits per heavy atom. The van der Waals surface area contributed by atoms with Gasteiger partial charge in [-0.3, -0.25) is 4.79 Å². The fourth-order valence-electron chi connectivity index (χ4n) is 6.22. The van der Waals surface area contributed by atoms with Crippen molar-refractivity contribution in [1.29, 1.82) is 0 Å². The van der Waals surface area contributed by atoms with E-state index in [1.165, 1.54) is 12.1 Å². The first-order valence-corrected chi connectivity index (χ1v) is 14.4. The van der Waals surface area contributed by atoms with Crippen molar-refractivity contribution in [1.82, 2.24) is 4.90 Å². The van der Waals surface area contributed by atoms with Gasteiger partial charge in [-0.25, -0.2) is 0 Å². The average Bonchev–Trinajstić information content (AvgIpc) is 2.96. The van der Waals surface area contributed by atoms with E-state index in [2.05, 4.69) is 5.32 Å². The molecule has 0 saturated carbocycles. The van der Waals surface area contributed by atoms with Crippen LogP contribution in [0.3, 0.4) is 0 Å². The van der Waals surface area contributed by atoms with Crippen LogP contribution in [0.4, 0.5) is 18.9 Å². The minimum absolute atomic E-state index is 0.00685. The number of nitrogens with one attached hydrogen (secondary N) is 1. The molecule has 1 saturated heterocycles. The van der Waals surface area contributed by atoms with Gasteiger partial charge in [0.05, 0.1) is 29.7 Å². The van der Waals surface area contributed by atoms with Gasteiger partial charge in [-0.2, -0.15) is 13.2 Å². The number of unbranched alkanes of at least 4 members (excludes halogenated alkanes) is 1. The average molecular weight is 566 g/mol. The van der Waals surface area contributed by atoms with Crippen LogP contribution in [0, 0.1) is 5.92 Å². The molecule has 3 aromatic rings. The molecule has 8 heteroatoms. The molecule has 0 aliphatic carbocycles.